The largest absolute Gasteiger partial charge is 0.375 e. The topological polar surface area (TPSA) is 50.4 Å². The third-order valence-corrected chi connectivity index (χ3v) is 2.96. The summed E-state index contributed by atoms with van der Waals surface area (Å²) >= 11 is 6.33. The van der Waals surface area contributed by atoms with Crippen LogP contribution in [0.4, 0.5) is 0 Å². The minimum absolute atomic E-state index is 0.172. The van der Waals surface area contributed by atoms with Crippen molar-refractivity contribution in [1.29, 1.82) is 0 Å². The highest BCUT2D eigenvalue weighted by Gasteiger charge is 1.99. The molecule has 0 aliphatic heterocycles. The molecule has 0 aliphatic carbocycles. The van der Waals surface area contributed by atoms with E-state index in [1.807, 2.05) is 12.1 Å². The van der Waals surface area contributed by atoms with Crippen molar-refractivity contribution >= 4 is 45.0 Å². The molecule has 1 aromatic heterocycles. The van der Waals surface area contributed by atoms with Crippen LogP contribution in [-0.4, -0.2) is 11.3 Å². The summed E-state index contributed by atoms with van der Waals surface area (Å²) in [5.74, 6) is 0. The van der Waals surface area contributed by atoms with Gasteiger partial charge in [-0.1, -0.05) is 18.2 Å². The predicted octanol–water partition coefficient (Wildman–Crippen LogP) is 2.07. The molecule has 2 rings (SSSR count). The molecule has 3 nitrogen and oxygen atoms in total. The number of hydrogen-bond acceptors (Lipinski definition) is 3. The molecule has 0 bridgehead atoms. The lowest BCUT2D eigenvalue weighted by molar-refractivity contribution is 1.04. The molecular formula is C10H9N3S2. The summed E-state index contributed by atoms with van der Waals surface area (Å²) in [5, 5.41) is 7.34. The van der Waals surface area contributed by atoms with Crippen molar-refractivity contribution in [3.63, 3.8) is 0 Å². The van der Waals surface area contributed by atoms with Crippen molar-refractivity contribution in [3.8, 4) is 0 Å². The van der Waals surface area contributed by atoms with Crippen LogP contribution in [0.15, 0.2) is 34.7 Å². The van der Waals surface area contributed by atoms with Crippen LogP contribution in [0.1, 0.15) is 5.56 Å². The van der Waals surface area contributed by atoms with Gasteiger partial charge in [0.05, 0.1) is 6.21 Å². The van der Waals surface area contributed by atoms with E-state index in [1.165, 1.54) is 10.1 Å². The van der Waals surface area contributed by atoms with E-state index in [0.29, 0.717) is 0 Å². The summed E-state index contributed by atoms with van der Waals surface area (Å²) in [6, 6.07) is 8.17. The summed E-state index contributed by atoms with van der Waals surface area (Å²) in [6.07, 6.45) is 1.72. The number of nitrogens with one attached hydrogen (secondary N) is 1. The minimum atomic E-state index is 0.172. The molecule has 0 fully saturated rings. The molecule has 76 valence electrons. The summed E-state index contributed by atoms with van der Waals surface area (Å²) in [4.78, 5) is 0. The van der Waals surface area contributed by atoms with Crippen LogP contribution < -0.4 is 11.2 Å². The monoisotopic (exact) mass is 235 g/mol. The fourth-order valence-electron chi connectivity index (χ4n) is 1.26. The van der Waals surface area contributed by atoms with Gasteiger partial charge in [0.1, 0.15) is 0 Å². The average molecular weight is 235 g/mol. The molecule has 2 aromatic rings. The number of benzene rings is 1. The first-order chi connectivity index (χ1) is 7.27. The Morgan fingerprint density at radius 1 is 1.47 bits per heavy atom. The number of fused-ring (bicyclic) bond motifs is 1. The number of hydrogen-bond donors (Lipinski definition) is 2. The Morgan fingerprint density at radius 3 is 3.07 bits per heavy atom. The number of nitrogens with two attached hydrogens (primary N) is 1. The zero-order valence-electron chi connectivity index (χ0n) is 7.81. The van der Waals surface area contributed by atoms with Crippen LogP contribution >= 0.6 is 23.6 Å². The van der Waals surface area contributed by atoms with Crippen molar-refractivity contribution in [2.75, 3.05) is 0 Å². The van der Waals surface area contributed by atoms with Gasteiger partial charge in [-0.25, -0.2) is 0 Å². The van der Waals surface area contributed by atoms with E-state index in [1.54, 1.807) is 17.6 Å². The van der Waals surface area contributed by atoms with Crippen molar-refractivity contribution < 1.29 is 0 Å². The van der Waals surface area contributed by atoms with E-state index in [9.17, 15) is 0 Å². The average Bonchev–Trinajstić information content (AvgIpc) is 2.62. The molecule has 15 heavy (non-hydrogen) atoms. The van der Waals surface area contributed by atoms with Crippen molar-refractivity contribution in [3.05, 3.63) is 35.2 Å². The molecule has 0 aliphatic rings. The first kappa shape index (κ1) is 10.1. The van der Waals surface area contributed by atoms with E-state index < -0.39 is 0 Å². The summed E-state index contributed by atoms with van der Waals surface area (Å²) in [6.45, 7) is 0. The van der Waals surface area contributed by atoms with E-state index >= 15 is 0 Å². The van der Waals surface area contributed by atoms with Gasteiger partial charge in [0.2, 0.25) is 0 Å². The van der Waals surface area contributed by atoms with Crippen LogP contribution in [0.5, 0.6) is 0 Å². The number of nitrogens with zero attached hydrogens (tertiary/aromatic N) is 1. The van der Waals surface area contributed by atoms with E-state index in [-0.39, 0.29) is 5.11 Å². The molecule has 0 spiro atoms. The molecule has 1 heterocycles. The molecule has 1 aromatic carbocycles. The smallest absolute Gasteiger partial charge is 0.184 e. The Balaban J connectivity index is 2.28. The van der Waals surface area contributed by atoms with Crippen molar-refractivity contribution in [1.82, 2.24) is 5.43 Å². The number of rotatable bonds is 2. The van der Waals surface area contributed by atoms with Crippen molar-refractivity contribution in [2.45, 2.75) is 0 Å². The van der Waals surface area contributed by atoms with Gasteiger partial charge >= 0.3 is 0 Å². The summed E-state index contributed by atoms with van der Waals surface area (Å²) in [5.41, 5.74) is 8.85. The SMILES string of the molecule is NC(=S)N/N=C\c1csc2ccccc12. The number of thiocarbonyl (C=S) groups is 1. The van der Waals surface area contributed by atoms with Gasteiger partial charge in [-0.3, -0.25) is 5.43 Å². The van der Waals surface area contributed by atoms with Gasteiger partial charge in [0.15, 0.2) is 5.11 Å². The maximum Gasteiger partial charge on any atom is 0.184 e. The van der Waals surface area contributed by atoms with Gasteiger partial charge in [-0.2, -0.15) is 5.10 Å². The molecular weight excluding hydrogens is 226 g/mol. The predicted molar refractivity (Wildman–Crippen MR) is 69.3 cm³/mol. The minimum Gasteiger partial charge on any atom is -0.375 e. The Labute approximate surface area is 96.6 Å². The molecule has 5 heteroatoms. The first-order valence-electron chi connectivity index (χ1n) is 4.32. The normalized spacial score (nSPS) is 10.9. The fourth-order valence-corrected chi connectivity index (χ4v) is 2.23. The van der Waals surface area contributed by atoms with E-state index in [4.69, 9.17) is 5.73 Å². The van der Waals surface area contributed by atoms with Crippen LogP contribution in [0, 0.1) is 0 Å². The standard InChI is InChI=1S/C10H9N3S2/c11-10(14)13-12-5-7-6-15-9-4-2-1-3-8(7)9/h1-6H,(H3,11,13,14)/b12-5-. The lowest BCUT2D eigenvalue weighted by atomic mass is 10.2. The van der Waals surface area contributed by atoms with Crippen LogP contribution in [-0.2, 0) is 0 Å². The lowest BCUT2D eigenvalue weighted by Gasteiger charge is -1.93. The van der Waals surface area contributed by atoms with Crippen LogP contribution in [0.25, 0.3) is 10.1 Å². The van der Waals surface area contributed by atoms with Crippen LogP contribution in [0.3, 0.4) is 0 Å². The van der Waals surface area contributed by atoms with E-state index in [0.717, 1.165) is 5.56 Å². The van der Waals surface area contributed by atoms with Crippen LogP contribution in [0.2, 0.25) is 0 Å². The second kappa shape index (κ2) is 4.37. The molecule has 0 saturated heterocycles. The Morgan fingerprint density at radius 2 is 2.27 bits per heavy atom. The maximum absolute atomic E-state index is 5.25. The van der Waals surface area contributed by atoms with Gasteiger partial charge in [-0.15, -0.1) is 11.3 Å². The maximum atomic E-state index is 5.25. The summed E-state index contributed by atoms with van der Waals surface area (Å²) in [7, 11) is 0. The Hall–Kier alpha value is -1.46. The van der Waals surface area contributed by atoms with Gasteiger partial charge < -0.3 is 5.73 Å². The molecule has 0 radical (unpaired) electrons. The molecule has 0 unspecified atom stereocenters. The van der Waals surface area contributed by atoms with E-state index in [2.05, 4.69) is 40.3 Å². The third kappa shape index (κ3) is 2.31. The van der Waals surface area contributed by atoms with Gasteiger partial charge in [-0.05, 0) is 18.3 Å². The molecule has 0 amide bonds. The Bertz CT molecular complexity index is 516. The third-order valence-electron chi connectivity index (χ3n) is 1.89. The number of thiophene rings is 1. The second-order valence-electron chi connectivity index (χ2n) is 2.92. The van der Waals surface area contributed by atoms with Gasteiger partial charge in [0.25, 0.3) is 0 Å². The zero-order valence-corrected chi connectivity index (χ0v) is 9.44. The summed E-state index contributed by atoms with van der Waals surface area (Å²) < 4.78 is 1.24. The highest BCUT2D eigenvalue weighted by atomic mass is 32.1. The molecule has 3 N–H and O–H groups in total. The fraction of sp³-hybridized carbons (Fsp3) is 0. The second-order valence-corrected chi connectivity index (χ2v) is 4.27. The highest BCUT2D eigenvalue weighted by Crippen LogP contribution is 2.23. The quantitative estimate of drug-likeness (QED) is 0.476. The lowest BCUT2D eigenvalue weighted by Crippen LogP contribution is -2.23. The molecule has 0 atom stereocenters. The zero-order chi connectivity index (χ0) is 10.7. The van der Waals surface area contributed by atoms with Gasteiger partial charge in [0, 0.05) is 21.0 Å². The Kier molecular flexibility index (Phi) is 2.94. The van der Waals surface area contributed by atoms with Crippen molar-refractivity contribution in [2.24, 2.45) is 10.8 Å². The molecule has 0 saturated carbocycles. The first-order valence-corrected chi connectivity index (χ1v) is 5.61. The highest BCUT2D eigenvalue weighted by molar-refractivity contribution is 7.80. The number of hydrazone groups is 1.